The van der Waals surface area contributed by atoms with Gasteiger partial charge in [-0.2, -0.15) is 4.31 Å². The highest BCUT2D eigenvalue weighted by Gasteiger charge is 2.37. The van der Waals surface area contributed by atoms with Gasteiger partial charge in [0.05, 0.1) is 23.6 Å². The minimum Gasteiger partial charge on any atom is -0.454 e. The second-order valence-electron chi connectivity index (χ2n) is 14.0. The van der Waals surface area contributed by atoms with Gasteiger partial charge in [-0.05, 0) is 53.6 Å². The van der Waals surface area contributed by atoms with Gasteiger partial charge < -0.3 is 30.3 Å². The molecule has 3 aromatic rings. The van der Waals surface area contributed by atoms with E-state index in [2.05, 4.69) is 16.0 Å². The number of aliphatic hydroxyl groups excluding tert-OH is 2. The number of ether oxygens (including phenoxy) is 2. The van der Waals surface area contributed by atoms with E-state index in [0.717, 1.165) is 23.8 Å². The first-order chi connectivity index (χ1) is 23.5. The Morgan fingerprint density at radius 2 is 1.66 bits per heavy atom. The van der Waals surface area contributed by atoms with E-state index >= 15 is 0 Å². The minimum atomic E-state index is -4.10. The molecule has 0 spiro atoms. The number of fused-ring (bicyclic) bond motifs is 1. The molecule has 3 unspecified atom stereocenters. The van der Waals surface area contributed by atoms with Crippen LogP contribution >= 0.6 is 0 Å². The van der Waals surface area contributed by atoms with Crippen LogP contribution in [-0.4, -0.2) is 79.7 Å². The number of benzene rings is 3. The first-order valence-corrected chi connectivity index (χ1v) is 18.0. The second kappa shape index (κ2) is 17.0. The van der Waals surface area contributed by atoms with Gasteiger partial charge in [0, 0.05) is 37.3 Å². The summed E-state index contributed by atoms with van der Waals surface area (Å²) in [6, 6.07) is 15.0. The van der Waals surface area contributed by atoms with Gasteiger partial charge in [-0.1, -0.05) is 65.0 Å². The Bertz CT molecular complexity index is 1690. The van der Waals surface area contributed by atoms with Crippen LogP contribution in [-0.2, 0) is 27.8 Å². The zero-order valence-electron chi connectivity index (χ0n) is 29.0. The fourth-order valence-electron chi connectivity index (χ4n) is 5.67. The first kappa shape index (κ1) is 39.1. The number of carbonyl (C=O) groups excluding carboxylic acids is 1. The van der Waals surface area contributed by atoms with E-state index in [1.165, 1.54) is 22.5 Å². The van der Waals surface area contributed by atoms with Crippen molar-refractivity contribution < 1.29 is 41.7 Å². The van der Waals surface area contributed by atoms with Crippen molar-refractivity contribution in [3.8, 4) is 11.5 Å². The van der Waals surface area contributed by atoms with Crippen LogP contribution in [0.15, 0.2) is 71.6 Å². The van der Waals surface area contributed by atoms with E-state index in [0.29, 0.717) is 11.5 Å². The molecule has 1 aliphatic rings. The Labute approximate surface area is 293 Å². The van der Waals surface area contributed by atoms with Crippen molar-refractivity contribution >= 4 is 15.9 Å². The van der Waals surface area contributed by atoms with Gasteiger partial charge in [-0.25, -0.2) is 17.2 Å². The molecule has 1 aliphatic heterocycles. The highest BCUT2D eigenvalue weighted by molar-refractivity contribution is 7.89. The van der Waals surface area contributed by atoms with E-state index < -0.39 is 57.4 Å². The average molecular weight is 719 g/mol. The van der Waals surface area contributed by atoms with E-state index in [1.54, 1.807) is 0 Å². The zero-order valence-corrected chi connectivity index (χ0v) is 29.8. The molecular weight excluding hydrogens is 670 g/mol. The molecule has 11 nitrogen and oxygen atoms in total. The Hall–Kier alpha value is -3.66. The summed E-state index contributed by atoms with van der Waals surface area (Å²) in [5, 5.41) is 32.0. The first-order valence-electron chi connectivity index (χ1n) is 16.5. The molecule has 1 amide bonds. The Kier molecular flexibility index (Phi) is 13.3. The van der Waals surface area contributed by atoms with E-state index in [4.69, 9.17) is 9.47 Å². The summed E-state index contributed by atoms with van der Waals surface area (Å²) >= 11 is 0. The van der Waals surface area contributed by atoms with Crippen molar-refractivity contribution in [2.24, 2.45) is 11.3 Å². The molecule has 50 heavy (non-hydrogen) atoms. The monoisotopic (exact) mass is 718 g/mol. The zero-order chi connectivity index (χ0) is 36.6. The van der Waals surface area contributed by atoms with Gasteiger partial charge in [-0.3, -0.25) is 10.1 Å². The maximum atomic E-state index is 14.0. The van der Waals surface area contributed by atoms with Crippen molar-refractivity contribution in [3.63, 3.8) is 0 Å². The van der Waals surface area contributed by atoms with Gasteiger partial charge in [0.1, 0.15) is 17.9 Å². The molecule has 3 aromatic carbocycles. The largest absolute Gasteiger partial charge is 0.454 e. The van der Waals surface area contributed by atoms with Crippen LogP contribution in [0.2, 0.25) is 0 Å². The summed E-state index contributed by atoms with van der Waals surface area (Å²) in [5.74, 6) is -1.03. The molecule has 0 aromatic heterocycles. The number of sulfonamides is 1. The second-order valence-corrected chi connectivity index (χ2v) is 15.9. The third-order valence-corrected chi connectivity index (χ3v) is 10.1. The van der Waals surface area contributed by atoms with Gasteiger partial charge in [0.25, 0.3) is 0 Å². The Morgan fingerprint density at radius 1 is 0.960 bits per heavy atom. The molecule has 14 heteroatoms. The SMILES string of the molecule is CC(C)CN(CC(O)C(Cc1ccccc1)NC(O)[C@@H](NC(=O)CNCc1cc(F)ccc1F)C(C)(C)C)S(=O)(=O)c1ccc2c(c1)OCO2. The number of aliphatic hydroxyl groups is 2. The van der Waals surface area contributed by atoms with Crippen molar-refractivity contribution in [1.29, 1.82) is 0 Å². The number of halogens is 2. The van der Waals surface area contributed by atoms with E-state index in [-0.39, 0.29) is 55.8 Å². The highest BCUT2D eigenvalue weighted by Crippen LogP contribution is 2.35. The van der Waals surface area contributed by atoms with Crippen molar-refractivity contribution in [2.75, 3.05) is 26.4 Å². The lowest BCUT2D eigenvalue weighted by molar-refractivity contribution is -0.123. The molecule has 0 aliphatic carbocycles. The molecule has 0 bridgehead atoms. The standard InChI is InChI=1S/C36H48F2N4O7S/c1-23(2)20-42(50(46,47)27-12-14-31-32(17-27)49-22-48-31)21-30(43)29(15-24-9-7-6-8-10-24)40-35(45)34(36(3,4)5)41-33(44)19-39-18-25-16-26(37)11-13-28(25)38/h6-14,16-17,23,29-30,34-35,39-40,43,45H,15,18-22H2,1-5H3,(H,41,44)/t29?,30?,34-,35?/m1/s1. The Balaban J connectivity index is 1.52. The fraction of sp³-hybridized carbons (Fsp3) is 0.472. The highest BCUT2D eigenvalue weighted by atomic mass is 32.2. The molecular formula is C36H48F2N4O7S. The number of rotatable bonds is 17. The van der Waals surface area contributed by atoms with Crippen LogP contribution in [0.25, 0.3) is 0 Å². The maximum absolute atomic E-state index is 14.0. The smallest absolute Gasteiger partial charge is 0.243 e. The molecule has 0 saturated heterocycles. The molecule has 0 fully saturated rings. The predicted molar refractivity (Wildman–Crippen MR) is 185 cm³/mol. The van der Waals surface area contributed by atoms with Crippen LogP contribution in [0.1, 0.15) is 45.7 Å². The molecule has 4 atom stereocenters. The van der Waals surface area contributed by atoms with Gasteiger partial charge in [-0.15, -0.1) is 0 Å². The summed E-state index contributed by atoms with van der Waals surface area (Å²) in [6.45, 7) is 8.69. The number of hydrogen-bond acceptors (Lipinski definition) is 9. The molecule has 0 radical (unpaired) electrons. The average Bonchev–Trinajstić information content (AvgIpc) is 3.52. The lowest BCUT2D eigenvalue weighted by atomic mass is 9.85. The fourth-order valence-corrected chi connectivity index (χ4v) is 7.31. The molecule has 0 saturated carbocycles. The predicted octanol–water partition coefficient (Wildman–Crippen LogP) is 3.54. The van der Waals surface area contributed by atoms with Crippen LogP contribution in [0, 0.1) is 23.0 Å². The van der Waals surface area contributed by atoms with E-state index in [1.807, 2.05) is 65.0 Å². The van der Waals surface area contributed by atoms with Crippen molar-refractivity contribution in [1.82, 2.24) is 20.3 Å². The molecule has 1 heterocycles. The quantitative estimate of drug-likeness (QED) is 0.132. The lowest BCUT2D eigenvalue weighted by Gasteiger charge is -2.38. The minimum absolute atomic E-state index is 0.00791. The van der Waals surface area contributed by atoms with Gasteiger partial charge >= 0.3 is 0 Å². The number of carbonyl (C=O) groups is 1. The maximum Gasteiger partial charge on any atom is 0.243 e. The number of amides is 1. The third-order valence-electron chi connectivity index (χ3n) is 8.26. The number of hydrogen-bond donors (Lipinski definition) is 5. The van der Waals surface area contributed by atoms with Crippen LogP contribution in [0.4, 0.5) is 8.78 Å². The summed E-state index contributed by atoms with van der Waals surface area (Å²) in [6.07, 6.45) is -2.46. The molecule has 4 rings (SSSR count). The van der Waals surface area contributed by atoms with Gasteiger partial charge in [0.15, 0.2) is 11.5 Å². The van der Waals surface area contributed by atoms with Crippen LogP contribution < -0.4 is 25.4 Å². The summed E-state index contributed by atoms with van der Waals surface area (Å²) < 4.78 is 67.4. The third kappa shape index (κ3) is 10.7. The van der Waals surface area contributed by atoms with E-state index in [9.17, 15) is 32.2 Å². The van der Waals surface area contributed by atoms with Gasteiger partial charge in [0.2, 0.25) is 22.7 Å². The lowest BCUT2D eigenvalue weighted by Crippen LogP contribution is -2.61. The van der Waals surface area contributed by atoms with Crippen molar-refractivity contribution in [2.45, 2.75) is 76.9 Å². The van der Waals surface area contributed by atoms with Crippen LogP contribution in [0.5, 0.6) is 11.5 Å². The summed E-state index contributed by atoms with van der Waals surface area (Å²) in [7, 11) is -4.10. The Morgan fingerprint density at radius 3 is 2.34 bits per heavy atom. The number of nitrogens with zero attached hydrogens (tertiary/aromatic N) is 1. The summed E-state index contributed by atoms with van der Waals surface area (Å²) in [5.41, 5.74) is 0.206. The topological polar surface area (TPSA) is 149 Å². The number of nitrogens with one attached hydrogen (secondary N) is 3. The molecule has 5 N–H and O–H groups in total. The van der Waals surface area contributed by atoms with Crippen LogP contribution in [0.3, 0.4) is 0 Å². The molecule has 274 valence electrons. The summed E-state index contributed by atoms with van der Waals surface area (Å²) in [4.78, 5) is 13.0. The normalized spacial score (nSPS) is 15.6. The van der Waals surface area contributed by atoms with Crippen molar-refractivity contribution in [3.05, 3.63) is 89.5 Å².